The zero-order chi connectivity index (χ0) is 21.1. The number of aliphatic carboxylic acids is 1. The Morgan fingerprint density at radius 1 is 1.17 bits per heavy atom. The Labute approximate surface area is 179 Å². The van der Waals surface area contributed by atoms with Gasteiger partial charge in [0, 0.05) is 24.8 Å². The van der Waals surface area contributed by atoms with Gasteiger partial charge in [-0.2, -0.15) is 0 Å². The van der Waals surface area contributed by atoms with Crippen LogP contribution in [0.25, 0.3) is 16.3 Å². The summed E-state index contributed by atoms with van der Waals surface area (Å²) in [4.78, 5) is 29.4. The summed E-state index contributed by atoms with van der Waals surface area (Å²) in [6.45, 7) is 0.496. The molecule has 1 aliphatic carbocycles. The Morgan fingerprint density at radius 2 is 1.90 bits per heavy atom. The smallest absolute Gasteiger partial charge is 0.304 e. The fourth-order valence-electron chi connectivity index (χ4n) is 4.29. The summed E-state index contributed by atoms with van der Waals surface area (Å²) in [6, 6.07) is 13.9. The van der Waals surface area contributed by atoms with Gasteiger partial charge in [-0.3, -0.25) is 9.59 Å². The molecule has 1 aromatic heterocycles. The fraction of sp³-hybridized carbons (Fsp3) is 0.292. The normalized spacial score (nSPS) is 15.0. The number of fused-ring (bicyclic) bond motifs is 2. The van der Waals surface area contributed by atoms with Crippen molar-refractivity contribution in [2.75, 3.05) is 6.54 Å². The minimum atomic E-state index is -0.922. The van der Waals surface area contributed by atoms with E-state index < -0.39 is 11.4 Å². The van der Waals surface area contributed by atoms with E-state index in [4.69, 9.17) is 5.73 Å². The van der Waals surface area contributed by atoms with Crippen LogP contribution in [-0.4, -0.2) is 28.4 Å². The Balaban J connectivity index is 1.50. The van der Waals surface area contributed by atoms with Crippen molar-refractivity contribution < 1.29 is 14.7 Å². The van der Waals surface area contributed by atoms with Gasteiger partial charge in [0.1, 0.15) is 5.78 Å². The molecule has 1 heterocycles. The maximum atomic E-state index is 13.2. The molecule has 0 unspecified atom stereocenters. The largest absolute Gasteiger partial charge is 0.481 e. The fourth-order valence-corrected chi connectivity index (χ4v) is 5.31. The van der Waals surface area contributed by atoms with E-state index in [9.17, 15) is 14.7 Å². The highest BCUT2D eigenvalue weighted by Crippen LogP contribution is 2.41. The molecule has 4 rings (SSSR count). The van der Waals surface area contributed by atoms with Gasteiger partial charge in [0.25, 0.3) is 0 Å². The first-order valence-electron chi connectivity index (χ1n) is 10.1. The number of carbonyl (C=O) groups excluding carboxylic acids is 1. The summed E-state index contributed by atoms with van der Waals surface area (Å²) in [7, 11) is 0. The van der Waals surface area contributed by atoms with Crippen LogP contribution >= 0.6 is 11.3 Å². The van der Waals surface area contributed by atoms with Crippen molar-refractivity contribution in [3.8, 4) is 0 Å². The first kappa shape index (κ1) is 20.4. The second-order valence-corrected chi connectivity index (χ2v) is 8.98. The number of benzene rings is 2. The standard InChI is InChI=1S/C24H24N2O3S/c25-11-3-4-16-7-8-19-20(12-16)30-22(26-19)10-9-21(27)24(15-23(28)29)13-17-5-1-2-6-18(17)14-24/h1-8,12H,9-11,13-15,25H2,(H,28,29)/b4-3+. The van der Waals surface area contributed by atoms with Crippen LogP contribution in [0.2, 0.25) is 0 Å². The van der Waals surface area contributed by atoms with Gasteiger partial charge in [0.2, 0.25) is 0 Å². The lowest BCUT2D eigenvalue weighted by atomic mass is 9.76. The summed E-state index contributed by atoms with van der Waals surface area (Å²) in [5.74, 6) is -0.902. The van der Waals surface area contributed by atoms with E-state index in [0.29, 0.717) is 32.2 Å². The third kappa shape index (κ3) is 4.20. The Hall–Kier alpha value is -2.83. The van der Waals surface area contributed by atoms with Gasteiger partial charge in [-0.05, 0) is 41.7 Å². The van der Waals surface area contributed by atoms with E-state index in [0.717, 1.165) is 31.9 Å². The molecule has 3 N–H and O–H groups in total. The molecule has 5 nitrogen and oxygen atoms in total. The summed E-state index contributed by atoms with van der Waals surface area (Å²) < 4.78 is 1.07. The predicted molar refractivity (Wildman–Crippen MR) is 120 cm³/mol. The number of thiazole rings is 1. The lowest BCUT2D eigenvalue weighted by Crippen LogP contribution is -2.35. The second-order valence-electron chi connectivity index (χ2n) is 7.87. The zero-order valence-corrected chi connectivity index (χ0v) is 17.5. The highest BCUT2D eigenvalue weighted by molar-refractivity contribution is 7.18. The van der Waals surface area contributed by atoms with Crippen LogP contribution in [0.5, 0.6) is 0 Å². The first-order chi connectivity index (χ1) is 14.5. The van der Waals surface area contributed by atoms with Crippen molar-refractivity contribution in [3.05, 3.63) is 70.2 Å². The van der Waals surface area contributed by atoms with Gasteiger partial charge < -0.3 is 10.8 Å². The molecule has 3 aromatic rings. The molecule has 2 aromatic carbocycles. The monoisotopic (exact) mass is 420 g/mol. The van der Waals surface area contributed by atoms with Crippen molar-refractivity contribution in [2.24, 2.45) is 11.1 Å². The zero-order valence-electron chi connectivity index (χ0n) is 16.6. The lowest BCUT2D eigenvalue weighted by molar-refractivity contribution is -0.144. The van der Waals surface area contributed by atoms with Gasteiger partial charge in [-0.25, -0.2) is 4.98 Å². The van der Waals surface area contributed by atoms with Gasteiger partial charge in [0.05, 0.1) is 21.6 Å². The minimum absolute atomic E-state index is 0.0203. The van der Waals surface area contributed by atoms with Crippen LogP contribution in [0.3, 0.4) is 0 Å². The van der Waals surface area contributed by atoms with Crippen molar-refractivity contribution >= 4 is 39.4 Å². The molecule has 0 saturated carbocycles. The summed E-state index contributed by atoms with van der Waals surface area (Å²) >= 11 is 1.58. The number of aryl methyl sites for hydroxylation is 1. The molecule has 0 bridgehead atoms. The summed E-state index contributed by atoms with van der Waals surface area (Å²) in [5.41, 5.74) is 8.84. The van der Waals surface area contributed by atoms with Crippen molar-refractivity contribution in [3.63, 3.8) is 0 Å². The van der Waals surface area contributed by atoms with Crippen LogP contribution < -0.4 is 5.73 Å². The highest BCUT2D eigenvalue weighted by atomic mass is 32.1. The second kappa shape index (κ2) is 8.50. The first-order valence-corrected chi connectivity index (χ1v) is 10.9. The number of carbonyl (C=O) groups is 2. The van der Waals surface area contributed by atoms with E-state index >= 15 is 0 Å². The van der Waals surface area contributed by atoms with Gasteiger partial charge in [0.15, 0.2) is 0 Å². The number of hydrogen-bond acceptors (Lipinski definition) is 5. The number of nitrogens with zero attached hydrogens (tertiary/aromatic N) is 1. The molecular weight excluding hydrogens is 396 g/mol. The van der Waals surface area contributed by atoms with E-state index in [2.05, 4.69) is 11.1 Å². The Bertz CT molecular complexity index is 1110. The molecule has 0 aliphatic heterocycles. The minimum Gasteiger partial charge on any atom is -0.481 e. The molecule has 0 fully saturated rings. The predicted octanol–water partition coefficient (Wildman–Crippen LogP) is 4.03. The quantitative estimate of drug-likeness (QED) is 0.574. The summed E-state index contributed by atoms with van der Waals surface area (Å²) in [6.07, 6.45) is 5.61. The average molecular weight is 421 g/mol. The Kier molecular flexibility index (Phi) is 5.79. The number of ketones is 1. The maximum Gasteiger partial charge on any atom is 0.304 e. The number of nitrogens with two attached hydrogens (primary N) is 1. The molecule has 30 heavy (non-hydrogen) atoms. The number of aromatic nitrogens is 1. The molecule has 154 valence electrons. The maximum absolute atomic E-state index is 13.2. The van der Waals surface area contributed by atoms with Crippen LogP contribution in [0.4, 0.5) is 0 Å². The number of rotatable bonds is 8. The molecule has 0 atom stereocenters. The van der Waals surface area contributed by atoms with Crippen molar-refractivity contribution in [1.29, 1.82) is 0 Å². The Morgan fingerprint density at radius 3 is 2.57 bits per heavy atom. The van der Waals surface area contributed by atoms with Crippen LogP contribution in [0.1, 0.15) is 34.5 Å². The molecule has 0 amide bonds. The van der Waals surface area contributed by atoms with E-state index in [1.165, 1.54) is 0 Å². The molecule has 6 heteroatoms. The van der Waals surface area contributed by atoms with E-state index in [-0.39, 0.29) is 12.2 Å². The third-order valence-electron chi connectivity index (χ3n) is 5.73. The summed E-state index contributed by atoms with van der Waals surface area (Å²) in [5, 5.41) is 10.4. The number of Topliss-reactive ketones (excluding diaryl/α,β-unsaturated/α-hetero) is 1. The third-order valence-corrected chi connectivity index (χ3v) is 6.80. The molecule has 0 radical (unpaired) electrons. The molecular formula is C24H24N2O3S. The van der Waals surface area contributed by atoms with Gasteiger partial charge >= 0.3 is 5.97 Å². The van der Waals surface area contributed by atoms with Gasteiger partial charge in [-0.15, -0.1) is 11.3 Å². The van der Waals surface area contributed by atoms with E-state index in [1.807, 2.05) is 48.6 Å². The van der Waals surface area contributed by atoms with Crippen LogP contribution in [0, 0.1) is 5.41 Å². The highest BCUT2D eigenvalue weighted by Gasteiger charge is 2.44. The number of carboxylic acids is 1. The molecule has 0 spiro atoms. The topological polar surface area (TPSA) is 93.3 Å². The van der Waals surface area contributed by atoms with Crippen LogP contribution in [0.15, 0.2) is 48.5 Å². The lowest BCUT2D eigenvalue weighted by Gasteiger charge is -2.25. The molecule has 0 saturated heterocycles. The van der Waals surface area contributed by atoms with E-state index in [1.54, 1.807) is 11.3 Å². The van der Waals surface area contributed by atoms with Crippen molar-refractivity contribution in [2.45, 2.75) is 32.1 Å². The molecule has 1 aliphatic rings. The van der Waals surface area contributed by atoms with Gasteiger partial charge in [-0.1, -0.05) is 42.5 Å². The number of hydrogen-bond donors (Lipinski definition) is 2. The number of carboxylic acid groups (broad SMARTS) is 1. The van der Waals surface area contributed by atoms with Crippen LogP contribution in [-0.2, 0) is 28.9 Å². The SMILES string of the molecule is NC/C=C/c1ccc2nc(CCC(=O)C3(CC(=O)O)Cc4ccccc4C3)sc2c1. The average Bonchev–Trinajstić information content (AvgIpc) is 3.30. The van der Waals surface area contributed by atoms with Crippen molar-refractivity contribution in [1.82, 2.24) is 4.98 Å².